The minimum absolute atomic E-state index is 0.130. The first-order chi connectivity index (χ1) is 9.56. The summed E-state index contributed by atoms with van der Waals surface area (Å²) in [6, 6.07) is 4.29. The molecule has 2 N–H and O–H groups in total. The van der Waals surface area contributed by atoms with Crippen LogP contribution in [0.3, 0.4) is 0 Å². The van der Waals surface area contributed by atoms with Crippen LogP contribution in [0, 0.1) is 5.82 Å². The fourth-order valence-corrected chi connectivity index (χ4v) is 3.30. The number of halogens is 2. The summed E-state index contributed by atoms with van der Waals surface area (Å²) < 4.78 is 13.6. The highest BCUT2D eigenvalue weighted by Gasteiger charge is 2.41. The zero-order valence-electron chi connectivity index (χ0n) is 11.2. The van der Waals surface area contributed by atoms with Gasteiger partial charge in [0.2, 0.25) is 5.91 Å². The van der Waals surface area contributed by atoms with Gasteiger partial charge in [0, 0.05) is 23.5 Å². The van der Waals surface area contributed by atoms with Gasteiger partial charge in [-0.15, -0.1) is 0 Å². The quantitative estimate of drug-likeness (QED) is 0.912. The summed E-state index contributed by atoms with van der Waals surface area (Å²) in [7, 11) is 0. The third-order valence-electron chi connectivity index (χ3n) is 4.09. The third kappa shape index (κ3) is 2.67. The number of nitrogens with zero attached hydrogens (tertiary/aromatic N) is 1. The van der Waals surface area contributed by atoms with Crippen molar-refractivity contribution in [3.63, 3.8) is 0 Å². The Kier molecular flexibility index (Phi) is 3.69. The number of carbonyl (C=O) groups is 1. The second-order valence-corrected chi connectivity index (χ2v) is 6.17. The van der Waals surface area contributed by atoms with E-state index < -0.39 is 0 Å². The van der Waals surface area contributed by atoms with E-state index in [1.165, 1.54) is 12.1 Å². The molecule has 0 spiro atoms. The van der Waals surface area contributed by atoms with Gasteiger partial charge in [0.05, 0.1) is 6.04 Å². The summed E-state index contributed by atoms with van der Waals surface area (Å²) >= 11 is 5.95. The average molecular weight is 297 g/mol. The van der Waals surface area contributed by atoms with Crippen LogP contribution in [0.4, 0.5) is 4.39 Å². The summed E-state index contributed by atoms with van der Waals surface area (Å²) in [5.74, 6) is -0.252. The van der Waals surface area contributed by atoms with Crippen molar-refractivity contribution in [2.75, 3.05) is 0 Å². The summed E-state index contributed by atoms with van der Waals surface area (Å²) in [4.78, 5) is 14.2. The van der Waals surface area contributed by atoms with E-state index in [2.05, 4.69) is 0 Å². The van der Waals surface area contributed by atoms with Crippen molar-refractivity contribution in [2.45, 2.75) is 50.2 Å². The van der Waals surface area contributed by atoms with Crippen molar-refractivity contribution >= 4 is 17.5 Å². The predicted octanol–water partition coefficient (Wildman–Crippen LogP) is 3.02. The van der Waals surface area contributed by atoms with Crippen LogP contribution in [0.25, 0.3) is 0 Å². The fourth-order valence-electron chi connectivity index (χ4n) is 3.07. The Hall–Kier alpha value is -1.13. The van der Waals surface area contributed by atoms with Crippen LogP contribution in [0.15, 0.2) is 18.2 Å². The van der Waals surface area contributed by atoms with Gasteiger partial charge in [-0.1, -0.05) is 11.6 Å². The van der Waals surface area contributed by atoms with Crippen molar-refractivity contribution in [2.24, 2.45) is 5.73 Å². The molecule has 2 atom stereocenters. The molecule has 1 aromatic rings. The highest BCUT2D eigenvalue weighted by atomic mass is 35.5. The standard InChI is InChI=1S/C15H18ClFN2O/c16-10-6-9(7-11(17)8-10)15-13(18)2-1-3-14(20)19(15)12-4-5-12/h6-8,12-13,15H,1-5,18H2. The molecule has 3 nitrogen and oxygen atoms in total. The number of likely N-dealkylation sites (tertiary alicyclic amines) is 1. The van der Waals surface area contributed by atoms with E-state index in [0.29, 0.717) is 17.0 Å². The monoisotopic (exact) mass is 296 g/mol. The summed E-state index contributed by atoms with van der Waals surface area (Å²) in [5.41, 5.74) is 6.98. The van der Waals surface area contributed by atoms with Gasteiger partial charge in [-0.25, -0.2) is 4.39 Å². The zero-order valence-corrected chi connectivity index (χ0v) is 11.9. The molecule has 2 unspecified atom stereocenters. The van der Waals surface area contributed by atoms with Crippen molar-refractivity contribution in [3.8, 4) is 0 Å². The van der Waals surface area contributed by atoms with Crippen LogP contribution in [-0.4, -0.2) is 22.9 Å². The molecule has 0 aromatic heterocycles. The van der Waals surface area contributed by atoms with E-state index >= 15 is 0 Å². The first-order valence-corrected chi connectivity index (χ1v) is 7.47. The number of hydrogen-bond donors (Lipinski definition) is 1. The highest BCUT2D eigenvalue weighted by molar-refractivity contribution is 6.30. The van der Waals surface area contributed by atoms with E-state index in [0.717, 1.165) is 25.7 Å². The lowest BCUT2D eigenvalue weighted by molar-refractivity contribution is -0.133. The van der Waals surface area contributed by atoms with Crippen LogP contribution in [0.5, 0.6) is 0 Å². The van der Waals surface area contributed by atoms with Gasteiger partial charge < -0.3 is 10.6 Å². The minimum Gasteiger partial charge on any atom is -0.331 e. The molecule has 5 heteroatoms. The molecule has 1 saturated heterocycles. The lowest BCUT2D eigenvalue weighted by Gasteiger charge is -2.34. The van der Waals surface area contributed by atoms with Gasteiger partial charge in [-0.2, -0.15) is 0 Å². The molecule has 3 rings (SSSR count). The number of rotatable bonds is 2. The van der Waals surface area contributed by atoms with E-state index in [9.17, 15) is 9.18 Å². The Morgan fingerprint density at radius 2 is 2.00 bits per heavy atom. The molecule has 2 aliphatic rings. The molecule has 1 aromatic carbocycles. The topological polar surface area (TPSA) is 46.3 Å². The molecule has 1 amide bonds. The molecule has 1 heterocycles. The van der Waals surface area contributed by atoms with Crippen molar-refractivity contribution in [1.82, 2.24) is 4.90 Å². The van der Waals surface area contributed by atoms with Gasteiger partial charge in [-0.3, -0.25) is 4.79 Å². The van der Waals surface area contributed by atoms with Gasteiger partial charge in [0.25, 0.3) is 0 Å². The van der Waals surface area contributed by atoms with Gasteiger partial charge in [-0.05, 0) is 49.4 Å². The summed E-state index contributed by atoms with van der Waals surface area (Å²) in [5, 5.41) is 0.347. The predicted molar refractivity (Wildman–Crippen MR) is 75.8 cm³/mol. The zero-order chi connectivity index (χ0) is 14.3. The first kappa shape index (κ1) is 13.8. The largest absolute Gasteiger partial charge is 0.331 e. The van der Waals surface area contributed by atoms with Crippen LogP contribution in [0.1, 0.15) is 43.7 Å². The Balaban J connectivity index is 2.02. The number of carbonyl (C=O) groups excluding carboxylic acids is 1. The minimum atomic E-state index is -0.382. The first-order valence-electron chi connectivity index (χ1n) is 7.09. The molecule has 20 heavy (non-hydrogen) atoms. The molecule has 1 aliphatic heterocycles. The lowest BCUT2D eigenvalue weighted by atomic mass is 9.96. The summed E-state index contributed by atoms with van der Waals surface area (Å²) in [6.07, 6.45) is 4.12. The molecule has 2 fully saturated rings. The Morgan fingerprint density at radius 1 is 1.25 bits per heavy atom. The van der Waals surface area contributed by atoms with Gasteiger partial charge >= 0.3 is 0 Å². The van der Waals surface area contributed by atoms with Crippen molar-refractivity contribution in [1.29, 1.82) is 0 Å². The number of hydrogen-bond acceptors (Lipinski definition) is 2. The molecule has 1 saturated carbocycles. The molecule has 108 valence electrons. The van der Waals surface area contributed by atoms with Crippen LogP contribution >= 0.6 is 11.6 Å². The SMILES string of the molecule is NC1CCCC(=O)N(C2CC2)C1c1cc(F)cc(Cl)c1. The summed E-state index contributed by atoms with van der Waals surface area (Å²) in [6.45, 7) is 0. The number of nitrogens with two attached hydrogens (primary N) is 1. The maximum atomic E-state index is 13.6. The van der Waals surface area contributed by atoms with Crippen LogP contribution in [0.2, 0.25) is 5.02 Å². The molecule has 0 radical (unpaired) electrons. The maximum absolute atomic E-state index is 13.6. The molecule has 1 aliphatic carbocycles. The fraction of sp³-hybridized carbons (Fsp3) is 0.533. The van der Waals surface area contributed by atoms with Crippen LogP contribution < -0.4 is 5.73 Å². The Morgan fingerprint density at radius 3 is 2.65 bits per heavy atom. The Labute approximate surface area is 122 Å². The van der Waals surface area contributed by atoms with Gasteiger partial charge in [0.15, 0.2) is 0 Å². The normalized spacial score (nSPS) is 27.6. The number of benzene rings is 1. The highest BCUT2D eigenvalue weighted by Crippen LogP contribution is 2.39. The second kappa shape index (κ2) is 5.34. The van der Waals surface area contributed by atoms with E-state index in [1.54, 1.807) is 6.07 Å². The Bertz CT molecular complexity index is 512. The molecule has 0 bridgehead atoms. The smallest absolute Gasteiger partial charge is 0.223 e. The second-order valence-electron chi connectivity index (χ2n) is 5.74. The van der Waals surface area contributed by atoms with E-state index in [1.807, 2.05) is 4.90 Å². The van der Waals surface area contributed by atoms with Crippen molar-refractivity contribution in [3.05, 3.63) is 34.6 Å². The van der Waals surface area contributed by atoms with E-state index in [4.69, 9.17) is 17.3 Å². The number of amides is 1. The molecular weight excluding hydrogens is 279 g/mol. The average Bonchev–Trinajstić information content (AvgIpc) is 3.17. The van der Waals surface area contributed by atoms with E-state index in [-0.39, 0.29) is 29.8 Å². The lowest BCUT2D eigenvalue weighted by Crippen LogP contribution is -2.43. The van der Waals surface area contributed by atoms with Crippen molar-refractivity contribution < 1.29 is 9.18 Å². The molecular formula is C15H18ClFN2O. The van der Waals surface area contributed by atoms with Crippen LogP contribution in [-0.2, 0) is 4.79 Å². The van der Waals surface area contributed by atoms with Gasteiger partial charge in [0.1, 0.15) is 5.82 Å². The maximum Gasteiger partial charge on any atom is 0.223 e. The third-order valence-corrected chi connectivity index (χ3v) is 4.31.